The van der Waals surface area contributed by atoms with E-state index in [0.717, 1.165) is 5.56 Å². The molecule has 0 aliphatic heterocycles. The Bertz CT molecular complexity index is 644. The summed E-state index contributed by atoms with van der Waals surface area (Å²) in [5.74, 6) is -1.22. The second-order valence-corrected chi connectivity index (χ2v) is 5.83. The molecule has 0 bridgehead atoms. The Morgan fingerprint density at radius 2 is 1.95 bits per heavy atom. The van der Waals surface area contributed by atoms with Gasteiger partial charge in [0.05, 0.1) is 0 Å². The predicted molar refractivity (Wildman–Crippen MR) is 77.0 cm³/mol. The van der Waals surface area contributed by atoms with E-state index in [9.17, 15) is 9.18 Å². The Kier molecular flexibility index (Phi) is 4.04. The van der Waals surface area contributed by atoms with E-state index in [-0.39, 0.29) is 11.5 Å². The van der Waals surface area contributed by atoms with Crippen LogP contribution in [0.1, 0.15) is 32.1 Å². The Balaban J connectivity index is 2.13. The van der Waals surface area contributed by atoms with Crippen molar-refractivity contribution in [3.63, 3.8) is 0 Å². The highest BCUT2D eigenvalue weighted by Gasteiger charge is 2.14. The molecule has 4 nitrogen and oxygen atoms in total. The average molecular weight is 294 g/mol. The number of nitrogens with zero attached hydrogens (tertiary/aromatic N) is 1. The van der Waals surface area contributed by atoms with Gasteiger partial charge in [-0.25, -0.2) is 14.2 Å². The molecule has 0 atom stereocenters. The molecule has 6 heteroatoms. The minimum Gasteiger partial charge on any atom is -0.476 e. The van der Waals surface area contributed by atoms with Gasteiger partial charge in [0.15, 0.2) is 10.8 Å². The fourth-order valence-electron chi connectivity index (χ4n) is 1.99. The van der Waals surface area contributed by atoms with E-state index < -0.39 is 5.97 Å². The van der Waals surface area contributed by atoms with Crippen molar-refractivity contribution in [3.8, 4) is 0 Å². The van der Waals surface area contributed by atoms with Crippen LogP contribution in [0, 0.1) is 26.6 Å². The lowest BCUT2D eigenvalue weighted by molar-refractivity contribution is 0.0690. The maximum Gasteiger partial charge on any atom is 0.355 e. The zero-order chi connectivity index (χ0) is 14.9. The topological polar surface area (TPSA) is 62.2 Å². The van der Waals surface area contributed by atoms with E-state index in [4.69, 9.17) is 5.11 Å². The largest absolute Gasteiger partial charge is 0.476 e. The van der Waals surface area contributed by atoms with Gasteiger partial charge in [-0.1, -0.05) is 12.1 Å². The number of benzene rings is 1. The molecule has 2 aromatic rings. The van der Waals surface area contributed by atoms with Gasteiger partial charge in [0, 0.05) is 11.4 Å². The van der Waals surface area contributed by atoms with E-state index in [1.54, 1.807) is 32.9 Å². The lowest BCUT2D eigenvalue weighted by Gasteiger charge is -2.07. The number of hydrogen-bond donors (Lipinski definition) is 2. The van der Waals surface area contributed by atoms with Crippen LogP contribution in [0.4, 0.5) is 9.52 Å². The summed E-state index contributed by atoms with van der Waals surface area (Å²) < 4.78 is 13.5. The first-order chi connectivity index (χ1) is 9.38. The number of carboxylic acid groups (broad SMARTS) is 1. The number of aromatic carboxylic acids is 1. The molecule has 0 saturated carbocycles. The van der Waals surface area contributed by atoms with Crippen LogP contribution in [0.5, 0.6) is 0 Å². The van der Waals surface area contributed by atoms with E-state index in [1.165, 1.54) is 11.3 Å². The summed E-state index contributed by atoms with van der Waals surface area (Å²) in [5, 5.41) is 12.6. The Morgan fingerprint density at radius 1 is 1.35 bits per heavy atom. The van der Waals surface area contributed by atoms with Gasteiger partial charge in [0.25, 0.3) is 0 Å². The number of rotatable bonds is 4. The number of hydrogen-bond acceptors (Lipinski definition) is 4. The molecule has 0 radical (unpaired) electrons. The maximum absolute atomic E-state index is 13.5. The average Bonchev–Trinajstić information content (AvgIpc) is 2.75. The lowest BCUT2D eigenvalue weighted by atomic mass is 10.1. The molecule has 0 spiro atoms. The van der Waals surface area contributed by atoms with Gasteiger partial charge in [-0.05, 0) is 37.5 Å². The third-order valence-corrected chi connectivity index (χ3v) is 3.87. The smallest absolute Gasteiger partial charge is 0.355 e. The van der Waals surface area contributed by atoms with Gasteiger partial charge in [-0.3, -0.25) is 0 Å². The van der Waals surface area contributed by atoms with E-state index in [0.29, 0.717) is 27.7 Å². The Morgan fingerprint density at radius 3 is 2.45 bits per heavy atom. The number of carboxylic acids is 1. The van der Waals surface area contributed by atoms with Gasteiger partial charge in [-0.15, -0.1) is 11.3 Å². The molecule has 0 unspecified atom stereocenters. The third-order valence-electron chi connectivity index (χ3n) is 2.94. The molecule has 0 aliphatic rings. The van der Waals surface area contributed by atoms with Gasteiger partial charge < -0.3 is 10.4 Å². The second-order valence-electron chi connectivity index (χ2n) is 4.63. The molecule has 1 aromatic heterocycles. The van der Waals surface area contributed by atoms with Crippen LogP contribution >= 0.6 is 11.3 Å². The molecule has 0 aliphatic carbocycles. The summed E-state index contributed by atoms with van der Waals surface area (Å²) in [6.07, 6.45) is 0. The monoisotopic (exact) mass is 294 g/mol. The van der Waals surface area contributed by atoms with Crippen LogP contribution in [0.25, 0.3) is 0 Å². The number of nitrogens with one attached hydrogen (secondary N) is 1. The summed E-state index contributed by atoms with van der Waals surface area (Å²) in [4.78, 5) is 15.6. The lowest BCUT2D eigenvalue weighted by Crippen LogP contribution is -2.03. The first kappa shape index (κ1) is 14.5. The van der Waals surface area contributed by atoms with Gasteiger partial charge in [0.2, 0.25) is 0 Å². The maximum atomic E-state index is 13.5. The van der Waals surface area contributed by atoms with Crippen molar-refractivity contribution < 1.29 is 14.3 Å². The zero-order valence-electron chi connectivity index (χ0n) is 11.5. The number of aromatic nitrogens is 1. The van der Waals surface area contributed by atoms with Gasteiger partial charge in [0.1, 0.15) is 5.82 Å². The normalized spacial score (nSPS) is 10.6. The van der Waals surface area contributed by atoms with Crippen LogP contribution < -0.4 is 5.32 Å². The van der Waals surface area contributed by atoms with Crippen LogP contribution in [0.2, 0.25) is 0 Å². The molecule has 106 valence electrons. The summed E-state index contributed by atoms with van der Waals surface area (Å²) >= 11 is 1.30. The van der Waals surface area contributed by atoms with Crippen molar-refractivity contribution in [2.24, 2.45) is 0 Å². The van der Waals surface area contributed by atoms with E-state index >= 15 is 0 Å². The predicted octanol–water partition coefficient (Wildman–Crippen LogP) is 3.52. The molecule has 0 amide bonds. The minimum absolute atomic E-state index is 0.0731. The Labute approximate surface area is 120 Å². The highest BCUT2D eigenvalue weighted by atomic mass is 32.1. The van der Waals surface area contributed by atoms with Crippen LogP contribution in [0.3, 0.4) is 0 Å². The van der Waals surface area contributed by atoms with Crippen molar-refractivity contribution in [2.75, 3.05) is 5.32 Å². The Hall–Kier alpha value is -1.95. The molecule has 1 heterocycles. The molecule has 0 fully saturated rings. The number of halogens is 1. The number of anilines is 1. The number of carbonyl (C=O) groups is 1. The summed E-state index contributed by atoms with van der Waals surface area (Å²) in [6.45, 7) is 5.65. The van der Waals surface area contributed by atoms with Crippen molar-refractivity contribution in [1.82, 2.24) is 4.98 Å². The SMILES string of the molecule is Cc1cc(CNc2nc(C(=O)O)c(C)s2)cc(C)c1F. The summed E-state index contributed by atoms with van der Waals surface area (Å²) in [7, 11) is 0. The highest BCUT2D eigenvalue weighted by molar-refractivity contribution is 7.15. The molecule has 2 rings (SSSR count). The van der Waals surface area contributed by atoms with Crippen molar-refractivity contribution in [2.45, 2.75) is 27.3 Å². The van der Waals surface area contributed by atoms with Crippen molar-refractivity contribution in [3.05, 3.63) is 45.2 Å². The summed E-state index contributed by atoms with van der Waals surface area (Å²) in [5.41, 5.74) is 2.21. The minimum atomic E-state index is -1.03. The standard InChI is InChI=1S/C14H15FN2O2S/c1-7-4-10(5-8(2)11(7)15)6-16-14-17-12(13(18)19)9(3)20-14/h4-5H,6H2,1-3H3,(H,16,17)(H,18,19). The first-order valence-electron chi connectivity index (χ1n) is 6.08. The molecular weight excluding hydrogens is 279 g/mol. The van der Waals surface area contributed by atoms with E-state index in [2.05, 4.69) is 10.3 Å². The van der Waals surface area contributed by atoms with Crippen molar-refractivity contribution in [1.29, 1.82) is 0 Å². The quantitative estimate of drug-likeness (QED) is 0.905. The van der Waals surface area contributed by atoms with Crippen LogP contribution in [0.15, 0.2) is 12.1 Å². The van der Waals surface area contributed by atoms with Gasteiger partial charge in [-0.2, -0.15) is 0 Å². The molecular formula is C14H15FN2O2S. The molecule has 1 aromatic carbocycles. The summed E-state index contributed by atoms with van der Waals surface area (Å²) in [6, 6.07) is 3.54. The van der Waals surface area contributed by atoms with Gasteiger partial charge >= 0.3 is 5.97 Å². The van der Waals surface area contributed by atoms with E-state index in [1.807, 2.05) is 0 Å². The first-order valence-corrected chi connectivity index (χ1v) is 6.90. The van der Waals surface area contributed by atoms with Crippen LogP contribution in [-0.4, -0.2) is 16.1 Å². The van der Waals surface area contributed by atoms with Crippen LogP contribution in [-0.2, 0) is 6.54 Å². The molecule has 2 N–H and O–H groups in total. The fourth-order valence-corrected chi connectivity index (χ4v) is 2.79. The third kappa shape index (κ3) is 2.96. The highest BCUT2D eigenvalue weighted by Crippen LogP contribution is 2.23. The fraction of sp³-hybridized carbons (Fsp3) is 0.286. The second kappa shape index (κ2) is 5.58. The zero-order valence-corrected chi connectivity index (χ0v) is 12.3. The molecule has 20 heavy (non-hydrogen) atoms. The molecule has 0 saturated heterocycles. The number of aryl methyl sites for hydroxylation is 3. The number of thiazole rings is 1. The van der Waals surface area contributed by atoms with Crippen molar-refractivity contribution >= 4 is 22.4 Å².